The summed E-state index contributed by atoms with van der Waals surface area (Å²) >= 11 is 1.37. The molecule has 1 N–H and O–H groups in total. The normalized spacial score (nSPS) is 14.7. The number of thiophene rings is 1. The highest BCUT2D eigenvalue weighted by Gasteiger charge is 2.21. The maximum atomic E-state index is 13.1. The van der Waals surface area contributed by atoms with E-state index in [1.54, 1.807) is 30.3 Å². The van der Waals surface area contributed by atoms with Crippen molar-refractivity contribution in [2.45, 2.75) is 45.2 Å². The van der Waals surface area contributed by atoms with Crippen LogP contribution in [0.4, 0.5) is 0 Å². The summed E-state index contributed by atoms with van der Waals surface area (Å²) < 4.78 is 2.57. The van der Waals surface area contributed by atoms with Gasteiger partial charge in [-0.1, -0.05) is 31.0 Å². The van der Waals surface area contributed by atoms with E-state index < -0.39 is 5.69 Å². The number of fused-ring (bicyclic) bond motifs is 1. The molecule has 0 bridgehead atoms. The molecule has 0 saturated heterocycles. The molecule has 1 aliphatic carbocycles. The number of rotatable bonds is 4. The lowest BCUT2D eigenvalue weighted by atomic mass is 10.2. The van der Waals surface area contributed by atoms with Crippen molar-refractivity contribution < 1.29 is 4.79 Å². The maximum Gasteiger partial charge on any atom is 0.337 e. The third-order valence-corrected chi connectivity index (χ3v) is 6.05. The van der Waals surface area contributed by atoms with Crippen molar-refractivity contribution in [3.63, 3.8) is 0 Å². The smallest absolute Gasteiger partial charge is 0.337 e. The van der Waals surface area contributed by atoms with Gasteiger partial charge in [0.1, 0.15) is 11.4 Å². The maximum absolute atomic E-state index is 13.1. The average molecular weight is 383 g/mol. The molecule has 2 heterocycles. The van der Waals surface area contributed by atoms with E-state index in [1.807, 2.05) is 13.0 Å². The van der Waals surface area contributed by atoms with Gasteiger partial charge in [-0.3, -0.25) is 14.2 Å². The van der Waals surface area contributed by atoms with Crippen LogP contribution in [0.15, 0.2) is 46.0 Å². The molecule has 1 aliphatic rings. The van der Waals surface area contributed by atoms with Crippen LogP contribution in [0, 0.1) is 6.92 Å². The number of hydrogen-bond donors (Lipinski definition) is 1. The highest BCUT2D eigenvalue weighted by molar-refractivity contribution is 7.18. The Morgan fingerprint density at radius 2 is 1.89 bits per heavy atom. The van der Waals surface area contributed by atoms with Crippen molar-refractivity contribution in [3.8, 4) is 5.69 Å². The van der Waals surface area contributed by atoms with E-state index in [1.165, 1.54) is 15.9 Å². The van der Waals surface area contributed by atoms with Gasteiger partial charge >= 0.3 is 5.69 Å². The van der Waals surface area contributed by atoms with E-state index in [0.29, 0.717) is 15.9 Å². The monoisotopic (exact) mass is 383 g/mol. The largest absolute Gasteiger partial charge is 0.352 e. The second kappa shape index (κ2) is 7.15. The van der Waals surface area contributed by atoms with Crippen LogP contribution in [0.25, 0.3) is 15.9 Å². The molecule has 3 aromatic rings. The van der Waals surface area contributed by atoms with Crippen molar-refractivity contribution in [2.75, 3.05) is 0 Å². The lowest BCUT2D eigenvalue weighted by molar-refractivity contribution is -0.122. The van der Waals surface area contributed by atoms with Crippen molar-refractivity contribution in [1.82, 2.24) is 14.5 Å². The van der Waals surface area contributed by atoms with Crippen molar-refractivity contribution in [1.29, 1.82) is 0 Å². The summed E-state index contributed by atoms with van der Waals surface area (Å²) in [5, 5.41) is 3.49. The number of amides is 1. The second-order valence-corrected chi connectivity index (χ2v) is 8.20. The van der Waals surface area contributed by atoms with Crippen molar-refractivity contribution in [3.05, 3.63) is 62.1 Å². The Bertz CT molecular complexity index is 1110. The molecule has 27 heavy (non-hydrogen) atoms. The molecule has 1 saturated carbocycles. The highest BCUT2D eigenvalue weighted by atomic mass is 32.1. The first kappa shape index (κ1) is 17.7. The fraction of sp³-hybridized carbons (Fsp3) is 0.350. The number of carbonyl (C=O) groups is 1. The van der Waals surface area contributed by atoms with E-state index >= 15 is 0 Å². The van der Waals surface area contributed by atoms with Crippen LogP contribution in [0.5, 0.6) is 0 Å². The van der Waals surface area contributed by atoms with E-state index in [2.05, 4.69) is 5.32 Å². The Hall–Kier alpha value is -2.67. The summed E-state index contributed by atoms with van der Waals surface area (Å²) in [5.74, 6) is -0.186. The minimum Gasteiger partial charge on any atom is -0.352 e. The molecule has 1 fully saturated rings. The van der Waals surface area contributed by atoms with Crippen LogP contribution in [0.2, 0.25) is 0 Å². The Morgan fingerprint density at radius 1 is 1.19 bits per heavy atom. The minimum atomic E-state index is -0.484. The lowest BCUT2D eigenvalue weighted by Gasteiger charge is -2.15. The van der Waals surface area contributed by atoms with Gasteiger partial charge in [0, 0.05) is 10.9 Å². The molecule has 0 atom stereocenters. The van der Waals surface area contributed by atoms with Crippen LogP contribution in [-0.2, 0) is 11.3 Å². The summed E-state index contributed by atoms with van der Waals surface area (Å²) in [4.78, 5) is 40.1. The quantitative estimate of drug-likeness (QED) is 0.753. The average Bonchev–Trinajstić information content (AvgIpc) is 3.29. The van der Waals surface area contributed by atoms with E-state index in [4.69, 9.17) is 0 Å². The number of aromatic nitrogens is 2. The SMILES string of the molecule is Cc1cc2c(=O)n(-c3ccccc3)c(=O)n(CC(=O)NC3CCCC3)c2s1. The predicted molar refractivity (Wildman–Crippen MR) is 107 cm³/mol. The zero-order chi connectivity index (χ0) is 19.0. The van der Waals surface area contributed by atoms with Gasteiger partial charge in [0.25, 0.3) is 5.56 Å². The first-order valence-electron chi connectivity index (χ1n) is 9.15. The topological polar surface area (TPSA) is 73.1 Å². The van der Waals surface area contributed by atoms with Crippen LogP contribution in [-0.4, -0.2) is 21.1 Å². The molecular weight excluding hydrogens is 362 g/mol. The zero-order valence-electron chi connectivity index (χ0n) is 15.1. The standard InChI is InChI=1S/C20H21N3O3S/c1-13-11-16-18(25)23(15-9-3-2-4-10-15)20(26)22(19(16)27-13)12-17(24)21-14-7-5-6-8-14/h2-4,9-11,14H,5-8,12H2,1H3,(H,21,24). The van der Waals surface area contributed by atoms with Gasteiger partial charge in [-0.05, 0) is 38.0 Å². The van der Waals surface area contributed by atoms with E-state index in [9.17, 15) is 14.4 Å². The van der Waals surface area contributed by atoms with Crippen LogP contribution in [0.3, 0.4) is 0 Å². The Morgan fingerprint density at radius 3 is 2.59 bits per heavy atom. The summed E-state index contributed by atoms with van der Waals surface area (Å²) in [6, 6.07) is 10.8. The van der Waals surface area contributed by atoms with Crippen molar-refractivity contribution in [2.24, 2.45) is 0 Å². The number of aryl methyl sites for hydroxylation is 1. The van der Waals surface area contributed by atoms with Crippen LogP contribution < -0.4 is 16.6 Å². The molecule has 2 aromatic heterocycles. The molecule has 7 heteroatoms. The van der Waals surface area contributed by atoms with Gasteiger partial charge in [-0.2, -0.15) is 0 Å². The fourth-order valence-corrected chi connectivity index (χ4v) is 4.69. The number of benzene rings is 1. The van der Waals surface area contributed by atoms with Crippen LogP contribution in [0.1, 0.15) is 30.6 Å². The summed E-state index contributed by atoms with van der Waals surface area (Å²) in [6.07, 6.45) is 4.21. The van der Waals surface area contributed by atoms with Gasteiger partial charge in [0.2, 0.25) is 5.91 Å². The molecule has 140 valence electrons. The van der Waals surface area contributed by atoms with Crippen molar-refractivity contribution >= 4 is 27.5 Å². The third kappa shape index (κ3) is 3.35. The summed E-state index contributed by atoms with van der Waals surface area (Å²) in [7, 11) is 0. The number of para-hydroxylation sites is 1. The van der Waals surface area contributed by atoms with E-state index in [-0.39, 0.29) is 24.1 Å². The molecule has 6 nitrogen and oxygen atoms in total. The Balaban J connectivity index is 1.82. The molecular formula is C20H21N3O3S. The van der Waals surface area contributed by atoms with Crippen LogP contribution >= 0.6 is 11.3 Å². The lowest BCUT2D eigenvalue weighted by Crippen LogP contribution is -2.42. The molecule has 0 spiro atoms. The van der Waals surface area contributed by atoms with Gasteiger partial charge < -0.3 is 5.32 Å². The fourth-order valence-electron chi connectivity index (χ4n) is 3.70. The molecule has 0 radical (unpaired) electrons. The predicted octanol–water partition coefficient (Wildman–Crippen LogP) is 2.58. The number of hydrogen-bond acceptors (Lipinski definition) is 4. The highest BCUT2D eigenvalue weighted by Crippen LogP contribution is 2.22. The first-order valence-corrected chi connectivity index (χ1v) is 9.97. The zero-order valence-corrected chi connectivity index (χ0v) is 15.9. The number of carbonyl (C=O) groups excluding carboxylic acids is 1. The third-order valence-electron chi connectivity index (χ3n) is 4.97. The number of nitrogens with zero attached hydrogens (tertiary/aromatic N) is 2. The van der Waals surface area contributed by atoms with E-state index in [0.717, 1.165) is 35.1 Å². The van der Waals surface area contributed by atoms with Gasteiger partial charge in [-0.15, -0.1) is 11.3 Å². The Kier molecular flexibility index (Phi) is 4.70. The second-order valence-electron chi connectivity index (χ2n) is 6.97. The molecule has 0 unspecified atom stereocenters. The van der Waals surface area contributed by atoms with Gasteiger partial charge in [-0.25, -0.2) is 9.36 Å². The minimum absolute atomic E-state index is 0.0844. The first-order chi connectivity index (χ1) is 13.0. The summed E-state index contributed by atoms with van der Waals surface area (Å²) in [6.45, 7) is 1.81. The number of nitrogens with one attached hydrogen (secondary N) is 1. The molecule has 1 aromatic carbocycles. The summed E-state index contributed by atoms with van der Waals surface area (Å²) in [5.41, 5.74) is -0.330. The molecule has 4 rings (SSSR count). The molecule has 1 amide bonds. The van der Waals surface area contributed by atoms with Gasteiger partial charge in [0.05, 0.1) is 11.1 Å². The molecule has 0 aliphatic heterocycles. The Labute approximate surface area is 160 Å². The van der Waals surface area contributed by atoms with Gasteiger partial charge in [0.15, 0.2) is 0 Å².